The average molecular weight is 411 g/mol. The Morgan fingerprint density at radius 2 is 1.85 bits per heavy atom. The highest BCUT2D eigenvalue weighted by Gasteiger charge is 2.39. The molecule has 0 bridgehead atoms. The van der Waals surface area contributed by atoms with Crippen molar-refractivity contribution in [2.75, 3.05) is 27.3 Å². The molecule has 1 unspecified atom stereocenters. The van der Waals surface area contributed by atoms with Gasteiger partial charge in [0.15, 0.2) is 11.5 Å². The second-order valence-corrected chi connectivity index (χ2v) is 8.21. The molecule has 0 radical (unpaired) electrons. The fraction of sp³-hybridized carbons (Fsp3) is 0.278. The second kappa shape index (κ2) is 7.75. The average Bonchev–Trinajstić information content (AvgIpc) is 2.67. The number of carbonyl (C=O) groups excluding carboxylic acids is 1. The predicted octanol–water partition coefficient (Wildman–Crippen LogP) is 2.22. The molecule has 0 spiro atoms. The number of hydrogen-bond donors (Lipinski definition) is 1. The SMILES string of the molecule is COc1ccc(S(=O)(=O)N2CCNC(=O)C2c2cccc(Cl)c2)cc1OC. The highest BCUT2D eigenvalue weighted by atomic mass is 35.5. The summed E-state index contributed by atoms with van der Waals surface area (Å²) in [5, 5.41) is 3.14. The van der Waals surface area contributed by atoms with Crippen molar-refractivity contribution in [1.29, 1.82) is 0 Å². The maximum atomic E-state index is 13.3. The lowest BCUT2D eigenvalue weighted by molar-refractivity contribution is -0.126. The van der Waals surface area contributed by atoms with Gasteiger partial charge in [0.2, 0.25) is 15.9 Å². The smallest absolute Gasteiger partial charge is 0.244 e. The third-order valence-corrected chi connectivity index (χ3v) is 6.39. The lowest BCUT2D eigenvalue weighted by Crippen LogP contribution is -2.52. The lowest BCUT2D eigenvalue weighted by Gasteiger charge is -2.34. The maximum absolute atomic E-state index is 13.3. The van der Waals surface area contributed by atoms with Crippen LogP contribution in [0.2, 0.25) is 5.02 Å². The first-order chi connectivity index (χ1) is 12.9. The molecule has 3 rings (SSSR count). The van der Waals surface area contributed by atoms with Gasteiger partial charge < -0.3 is 14.8 Å². The number of amides is 1. The first-order valence-corrected chi connectivity index (χ1v) is 9.97. The highest BCUT2D eigenvalue weighted by Crippen LogP contribution is 2.34. The Morgan fingerprint density at radius 3 is 2.52 bits per heavy atom. The summed E-state index contributed by atoms with van der Waals surface area (Å²) in [6, 6.07) is 9.94. The molecule has 2 aromatic rings. The fourth-order valence-electron chi connectivity index (χ4n) is 3.01. The van der Waals surface area contributed by atoms with Crippen molar-refractivity contribution in [3.05, 3.63) is 53.1 Å². The van der Waals surface area contributed by atoms with Crippen LogP contribution >= 0.6 is 11.6 Å². The molecule has 1 saturated heterocycles. The molecular formula is C18H19ClN2O5S. The van der Waals surface area contributed by atoms with Crippen LogP contribution in [0.1, 0.15) is 11.6 Å². The normalized spacial score (nSPS) is 18.0. The van der Waals surface area contributed by atoms with Gasteiger partial charge in [-0.1, -0.05) is 23.7 Å². The maximum Gasteiger partial charge on any atom is 0.244 e. The molecule has 0 aromatic heterocycles. The second-order valence-electron chi connectivity index (χ2n) is 5.88. The van der Waals surface area contributed by atoms with Gasteiger partial charge in [0.1, 0.15) is 6.04 Å². The van der Waals surface area contributed by atoms with E-state index < -0.39 is 22.0 Å². The lowest BCUT2D eigenvalue weighted by atomic mass is 10.0. The molecule has 0 aliphatic carbocycles. The molecule has 144 valence electrons. The van der Waals surface area contributed by atoms with Crippen molar-refractivity contribution < 1.29 is 22.7 Å². The topological polar surface area (TPSA) is 84.9 Å². The number of benzene rings is 2. The number of halogens is 1. The minimum absolute atomic E-state index is 0.0156. The Balaban J connectivity index is 2.07. The van der Waals surface area contributed by atoms with Crippen LogP contribution in [0.15, 0.2) is 47.4 Å². The van der Waals surface area contributed by atoms with E-state index in [0.717, 1.165) is 0 Å². The van der Waals surface area contributed by atoms with Crippen molar-refractivity contribution in [2.24, 2.45) is 0 Å². The molecule has 1 aliphatic heterocycles. The van der Waals surface area contributed by atoms with Crippen LogP contribution < -0.4 is 14.8 Å². The van der Waals surface area contributed by atoms with Crippen molar-refractivity contribution >= 4 is 27.5 Å². The molecule has 1 aliphatic rings. The Kier molecular flexibility index (Phi) is 5.59. The first kappa shape index (κ1) is 19.5. The number of sulfonamides is 1. The molecule has 1 amide bonds. The van der Waals surface area contributed by atoms with Crippen LogP contribution in [-0.4, -0.2) is 45.9 Å². The summed E-state index contributed by atoms with van der Waals surface area (Å²) in [5.74, 6) is 0.311. The van der Waals surface area contributed by atoms with Gasteiger partial charge in [-0.25, -0.2) is 8.42 Å². The van der Waals surface area contributed by atoms with Gasteiger partial charge in [0.05, 0.1) is 19.1 Å². The van der Waals surface area contributed by atoms with Gasteiger partial charge >= 0.3 is 0 Å². The van der Waals surface area contributed by atoms with E-state index in [9.17, 15) is 13.2 Å². The van der Waals surface area contributed by atoms with Gasteiger partial charge in [0.25, 0.3) is 0 Å². The van der Waals surface area contributed by atoms with Crippen molar-refractivity contribution in [2.45, 2.75) is 10.9 Å². The van der Waals surface area contributed by atoms with Gasteiger partial charge in [-0.05, 0) is 29.8 Å². The zero-order valence-electron chi connectivity index (χ0n) is 14.8. The monoisotopic (exact) mass is 410 g/mol. The standard InChI is InChI=1S/C18H19ClN2O5S/c1-25-15-7-6-14(11-16(15)26-2)27(23,24)21-9-8-20-18(22)17(21)12-4-3-5-13(19)10-12/h3-7,10-11,17H,8-9H2,1-2H3,(H,20,22). The fourth-order valence-corrected chi connectivity index (χ4v) is 4.80. The molecule has 27 heavy (non-hydrogen) atoms. The summed E-state index contributed by atoms with van der Waals surface area (Å²) < 4.78 is 38.1. The van der Waals surface area contributed by atoms with E-state index in [-0.39, 0.29) is 18.0 Å². The molecule has 1 atom stereocenters. The van der Waals surface area contributed by atoms with Crippen LogP contribution in [-0.2, 0) is 14.8 Å². The summed E-state index contributed by atoms with van der Waals surface area (Å²) >= 11 is 6.03. The molecule has 2 aromatic carbocycles. The molecule has 0 saturated carbocycles. The van der Waals surface area contributed by atoms with E-state index in [1.165, 1.54) is 36.7 Å². The van der Waals surface area contributed by atoms with E-state index in [4.69, 9.17) is 21.1 Å². The van der Waals surface area contributed by atoms with E-state index in [1.54, 1.807) is 24.3 Å². The number of piperazine rings is 1. The van der Waals surface area contributed by atoms with E-state index in [0.29, 0.717) is 22.1 Å². The third kappa shape index (κ3) is 3.73. The highest BCUT2D eigenvalue weighted by molar-refractivity contribution is 7.89. The first-order valence-electron chi connectivity index (χ1n) is 8.15. The Hall–Kier alpha value is -2.29. The van der Waals surface area contributed by atoms with E-state index in [1.807, 2.05) is 0 Å². The van der Waals surface area contributed by atoms with E-state index >= 15 is 0 Å². The summed E-state index contributed by atoms with van der Waals surface area (Å²) in [5.41, 5.74) is 0.503. The van der Waals surface area contributed by atoms with Gasteiger partial charge in [-0.2, -0.15) is 4.31 Å². The van der Waals surface area contributed by atoms with Gasteiger partial charge in [0, 0.05) is 24.2 Å². The molecular weight excluding hydrogens is 392 g/mol. The summed E-state index contributed by atoms with van der Waals surface area (Å²) in [7, 11) is -1.07. The number of methoxy groups -OCH3 is 2. The summed E-state index contributed by atoms with van der Waals surface area (Å²) in [6.07, 6.45) is 0. The third-order valence-electron chi connectivity index (χ3n) is 4.29. The van der Waals surface area contributed by atoms with Crippen LogP contribution in [0.5, 0.6) is 11.5 Å². The Bertz CT molecular complexity index is 964. The van der Waals surface area contributed by atoms with Crippen molar-refractivity contribution in [1.82, 2.24) is 9.62 Å². The molecule has 9 heteroatoms. The molecule has 7 nitrogen and oxygen atoms in total. The van der Waals surface area contributed by atoms with Crippen LogP contribution in [0, 0.1) is 0 Å². The van der Waals surface area contributed by atoms with Crippen LogP contribution in [0.3, 0.4) is 0 Å². The van der Waals surface area contributed by atoms with Crippen molar-refractivity contribution in [3.63, 3.8) is 0 Å². The summed E-state index contributed by atoms with van der Waals surface area (Å²) in [6.45, 7) is 0.363. The number of carbonyl (C=O) groups is 1. The molecule has 1 heterocycles. The minimum Gasteiger partial charge on any atom is -0.493 e. The van der Waals surface area contributed by atoms with Gasteiger partial charge in [-0.3, -0.25) is 4.79 Å². The molecule has 1 fully saturated rings. The zero-order chi connectivity index (χ0) is 19.6. The van der Waals surface area contributed by atoms with Crippen molar-refractivity contribution in [3.8, 4) is 11.5 Å². The Labute approximate surface area is 162 Å². The number of nitrogens with zero attached hydrogens (tertiary/aromatic N) is 1. The predicted molar refractivity (Wildman–Crippen MR) is 101 cm³/mol. The zero-order valence-corrected chi connectivity index (χ0v) is 16.4. The number of nitrogens with one attached hydrogen (secondary N) is 1. The van der Waals surface area contributed by atoms with E-state index in [2.05, 4.69) is 5.32 Å². The summed E-state index contributed by atoms with van der Waals surface area (Å²) in [4.78, 5) is 12.5. The largest absolute Gasteiger partial charge is 0.493 e. The number of hydrogen-bond acceptors (Lipinski definition) is 5. The quantitative estimate of drug-likeness (QED) is 0.816. The number of rotatable bonds is 5. The van der Waals surface area contributed by atoms with Gasteiger partial charge in [-0.15, -0.1) is 0 Å². The number of ether oxygens (including phenoxy) is 2. The minimum atomic E-state index is -3.97. The van der Waals surface area contributed by atoms with Crippen LogP contribution in [0.25, 0.3) is 0 Å². The van der Waals surface area contributed by atoms with Crippen LogP contribution in [0.4, 0.5) is 0 Å². The Morgan fingerprint density at radius 1 is 1.11 bits per heavy atom. The molecule has 1 N–H and O–H groups in total.